The SMILES string of the molecule is O=C(C=Cc1cccc(OC(=O)c2ccc([N+](=O)[O-])cc2)c1)c1ccccc1. The second-order valence-corrected chi connectivity index (χ2v) is 5.83. The highest BCUT2D eigenvalue weighted by Gasteiger charge is 2.11. The summed E-state index contributed by atoms with van der Waals surface area (Å²) >= 11 is 0. The molecule has 0 unspecified atom stereocenters. The first-order chi connectivity index (χ1) is 13.5. The number of non-ortho nitro benzene ring substituents is 1. The fourth-order valence-electron chi connectivity index (χ4n) is 2.44. The van der Waals surface area contributed by atoms with Gasteiger partial charge in [-0.1, -0.05) is 48.5 Å². The van der Waals surface area contributed by atoms with Crippen molar-refractivity contribution in [1.29, 1.82) is 0 Å². The van der Waals surface area contributed by atoms with Crippen molar-refractivity contribution < 1.29 is 19.2 Å². The number of ketones is 1. The molecule has 3 aromatic carbocycles. The van der Waals surface area contributed by atoms with Crippen molar-refractivity contribution in [2.75, 3.05) is 0 Å². The maximum Gasteiger partial charge on any atom is 0.343 e. The molecule has 0 aliphatic heterocycles. The third kappa shape index (κ3) is 4.76. The number of allylic oxidation sites excluding steroid dienone is 1. The number of ether oxygens (including phenoxy) is 1. The molecule has 0 saturated carbocycles. The minimum absolute atomic E-state index is 0.105. The van der Waals surface area contributed by atoms with Crippen LogP contribution in [0.15, 0.2) is 84.9 Å². The van der Waals surface area contributed by atoms with Crippen LogP contribution in [0.3, 0.4) is 0 Å². The summed E-state index contributed by atoms with van der Waals surface area (Å²) in [6.45, 7) is 0. The highest BCUT2D eigenvalue weighted by atomic mass is 16.6. The van der Waals surface area contributed by atoms with Gasteiger partial charge in [0.25, 0.3) is 5.69 Å². The number of esters is 1. The molecule has 138 valence electrons. The van der Waals surface area contributed by atoms with Gasteiger partial charge < -0.3 is 4.74 Å². The summed E-state index contributed by atoms with van der Waals surface area (Å²) in [4.78, 5) is 34.4. The lowest BCUT2D eigenvalue weighted by molar-refractivity contribution is -0.384. The summed E-state index contributed by atoms with van der Waals surface area (Å²) in [5.41, 5.74) is 1.37. The van der Waals surface area contributed by atoms with Crippen LogP contribution >= 0.6 is 0 Å². The van der Waals surface area contributed by atoms with E-state index in [0.29, 0.717) is 16.9 Å². The van der Waals surface area contributed by atoms with E-state index in [1.54, 1.807) is 54.6 Å². The molecule has 0 saturated heterocycles. The summed E-state index contributed by atoms with van der Waals surface area (Å²) in [7, 11) is 0. The first-order valence-corrected chi connectivity index (χ1v) is 8.37. The largest absolute Gasteiger partial charge is 0.423 e. The molecule has 0 bridgehead atoms. The lowest BCUT2D eigenvalue weighted by Crippen LogP contribution is -2.08. The summed E-state index contributed by atoms with van der Waals surface area (Å²) < 4.78 is 5.31. The number of nitro benzene ring substituents is 1. The fourth-order valence-corrected chi connectivity index (χ4v) is 2.44. The Morgan fingerprint density at radius 3 is 2.25 bits per heavy atom. The number of benzene rings is 3. The van der Waals surface area contributed by atoms with Crippen molar-refractivity contribution in [2.24, 2.45) is 0 Å². The normalized spacial score (nSPS) is 10.6. The molecule has 0 aromatic heterocycles. The van der Waals surface area contributed by atoms with Gasteiger partial charge in [-0.2, -0.15) is 0 Å². The van der Waals surface area contributed by atoms with Gasteiger partial charge in [0.1, 0.15) is 5.75 Å². The van der Waals surface area contributed by atoms with Gasteiger partial charge in [0.05, 0.1) is 10.5 Å². The minimum atomic E-state index is -0.628. The molecule has 0 heterocycles. The summed E-state index contributed by atoms with van der Waals surface area (Å²) in [6.07, 6.45) is 3.09. The molecule has 0 fully saturated rings. The zero-order valence-corrected chi connectivity index (χ0v) is 14.6. The molecule has 0 aliphatic rings. The molecule has 0 spiro atoms. The number of carbonyl (C=O) groups excluding carboxylic acids is 2. The maximum atomic E-state index is 12.2. The Bertz CT molecular complexity index is 1040. The zero-order valence-electron chi connectivity index (χ0n) is 14.6. The monoisotopic (exact) mass is 373 g/mol. The Labute approximate surface area is 160 Å². The molecule has 28 heavy (non-hydrogen) atoms. The molecule has 3 rings (SSSR count). The third-order valence-corrected chi connectivity index (χ3v) is 3.87. The maximum absolute atomic E-state index is 12.2. The lowest BCUT2D eigenvalue weighted by atomic mass is 10.1. The van der Waals surface area contributed by atoms with Gasteiger partial charge in [-0.15, -0.1) is 0 Å². The van der Waals surface area contributed by atoms with Crippen molar-refractivity contribution >= 4 is 23.5 Å². The Morgan fingerprint density at radius 2 is 1.57 bits per heavy atom. The number of rotatable bonds is 6. The van der Waals surface area contributed by atoms with E-state index >= 15 is 0 Å². The van der Waals surface area contributed by atoms with Crippen molar-refractivity contribution in [3.8, 4) is 5.75 Å². The molecular weight excluding hydrogens is 358 g/mol. The summed E-state index contributed by atoms with van der Waals surface area (Å²) in [5, 5.41) is 10.7. The molecule has 6 nitrogen and oxygen atoms in total. The van der Waals surface area contributed by atoms with Gasteiger partial charge in [0.15, 0.2) is 5.78 Å². The first kappa shape index (κ1) is 18.7. The van der Waals surface area contributed by atoms with E-state index in [4.69, 9.17) is 4.74 Å². The van der Waals surface area contributed by atoms with Gasteiger partial charge in [-0.3, -0.25) is 14.9 Å². The predicted octanol–water partition coefficient (Wildman–Crippen LogP) is 4.71. The Balaban J connectivity index is 1.69. The van der Waals surface area contributed by atoms with Crippen LogP contribution in [0.2, 0.25) is 0 Å². The Hall–Kier alpha value is -4.06. The number of carbonyl (C=O) groups is 2. The van der Waals surface area contributed by atoms with Gasteiger partial charge in [0.2, 0.25) is 0 Å². The average Bonchev–Trinajstić information content (AvgIpc) is 2.73. The molecule has 6 heteroatoms. The van der Waals surface area contributed by atoms with Crippen molar-refractivity contribution in [3.63, 3.8) is 0 Å². The van der Waals surface area contributed by atoms with Gasteiger partial charge in [0, 0.05) is 17.7 Å². The summed E-state index contributed by atoms with van der Waals surface area (Å²) in [5.74, 6) is -0.456. The molecular formula is C22H15NO5. The smallest absolute Gasteiger partial charge is 0.343 e. The van der Waals surface area contributed by atoms with Crippen LogP contribution in [0.1, 0.15) is 26.3 Å². The van der Waals surface area contributed by atoms with Gasteiger partial charge >= 0.3 is 5.97 Å². The van der Waals surface area contributed by atoms with E-state index in [9.17, 15) is 19.7 Å². The molecule has 0 aliphatic carbocycles. The third-order valence-electron chi connectivity index (χ3n) is 3.87. The van der Waals surface area contributed by atoms with Crippen molar-refractivity contribution in [3.05, 3.63) is 112 Å². The Morgan fingerprint density at radius 1 is 0.857 bits per heavy atom. The quantitative estimate of drug-likeness (QED) is 0.156. The van der Waals surface area contributed by atoms with E-state index in [1.165, 1.54) is 30.3 Å². The predicted molar refractivity (Wildman–Crippen MR) is 104 cm³/mol. The molecule has 0 atom stereocenters. The Kier molecular flexibility index (Phi) is 5.72. The highest BCUT2D eigenvalue weighted by molar-refractivity contribution is 6.06. The fraction of sp³-hybridized carbons (Fsp3) is 0. The number of nitro groups is 1. The van der Waals surface area contributed by atoms with E-state index in [1.807, 2.05) is 6.07 Å². The molecule has 3 aromatic rings. The summed E-state index contributed by atoms with van der Waals surface area (Å²) in [6, 6.07) is 20.7. The second-order valence-electron chi connectivity index (χ2n) is 5.83. The number of nitrogens with zero attached hydrogens (tertiary/aromatic N) is 1. The minimum Gasteiger partial charge on any atom is -0.423 e. The van der Waals surface area contributed by atoms with Crippen LogP contribution in [-0.2, 0) is 0 Å². The van der Waals surface area contributed by atoms with Crippen molar-refractivity contribution in [1.82, 2.24) is 0 Å². The van der Waals surface area contributed by atoms with Gasteiger partial charge in [-0.05, 0) is 35.9 Å². The standard InChI is InChI=1S/C22H15NO5/c24-21(17-6-2-1-3-7-17)14-9-16-5-4-8-20(15-16)28-22(25)18-10-12-19(13-11-18)23(26)27/h1-15H. The molecule has 0 radical (unpaired) electrons. The van der Waals surface area contributed by atoms with E-state index in [2.05, 4.69) is 0 Å². The van der Waals surface area contributed by atoms with Crippen molar-refractivity contribution in [2.45, 2.75) is 0 Å². The number of hydrogen-bond acceptors (Lipinski definition) is 5. The topological polar surface area (TPSA) is 86.5 Å². The van der Waals surface area contributed by atoms with Crippen LogP contribution in [0.25, 0.3) is 6.08 Å². The van der Waals surface area contributed by atoms with Crippen LogP contribution in [0, 0.1) is 10.1 Å². The lowest BCUT2D eigenvalue weighted by Gasteiger charge is -2.05. The molecule has 0 amide bonds. The van der Waals surface area contributed by atoms with E-state index in [-0.39, 0.29) is 17.0 Å². The van der Waals surface area contributed by atoms with Crippen LogP contribution < -0.4 is 4.74 Å². The zero-order chi connectivity index (χ0) is 19.9. The highest BCUT2D eigenvalue weighted by Crippen LogP contribution is 2.18. The van der Waals surface area contributed by atoms with Crippen LogP contribution in [-0.4, -0.2) is 16.7 Å². The van der Waals surface area contributed by atoms with Crippen LogP contribution in [0.4, 0.5) is 5.69 Å². The average molecular weight is 373 g/mol. The van der Waals surface area contributed by atoms with Crippen LogP contribution in [0.5, 0.6) is 5.75 Å². The molecule has 0 N–H and O–H groups in total. The second kappa shape index (κ2) is 8.55. The van der Waals surface area contributed by atoms with E-state index < -0.39 is 10.9 Å². The van der Waals surface area contributed by atoms with Gasteiger partial charge in [-0.25, -0.2) is 4.79 Å². The number of hydrogen-bond donors (Lipinski definition) is 0. The first-order valence-electron chi connectivity index (χ1n) is 8.37. The van der Waals surface area contributed by atoms with E-state index in [0.717, 1.165) is 0 Å².